The van der Waals surface area contributed by atoms with Crippen molar-refractivity contribution in [3.8, 4) is 0 Å². The van der Waals surface area contributed by atoms with Crippen molar-refractivity contribution in [2.45, 2.75) is 24.2 Å². The van der Waals surface area contributed by atoms with Gasteiger partial charge in [0.25, 0.3) is 0 Å². The third-order valence-electron chi connectivity index (χ3n) is 4.00. The zero-order chi connectivity index (χ0) is 17.7. The first-order valence-electron chi connectivity index (χ1n) is 8.13. The SMILES string of the molecule is I.NC(=NCCNS(=O)(=O)c1cccnc1)Nc1ccc2c(c1)CCC2. The molecule has 140 valence electrons. The van der Waals surface area contributed by atoms with Crippen molar-refractivity contribution in [1.29, 1.82) is 0 Å². The van der Waals surface area contributed by atoms with Gasteiger partial charge in [-0.2, -0.15) is 0 Å². The van der Waals surface area contributed by atoms with E-state index in [1.807, 2.05) is 6.07 Å². The monoisotopic (exact) mass is 487 g/mol. The van der Waals surface area contributed by atoms with Gasteiger partial charge in [-0.25, -0.2) is 13.1 Å². The highest BCUT2D eigenvalue weighted by atomic mass is 127. The summed E-state index contributed by atoms with van der Waals surface area (Å²) in [6, 6.07) is 9.25. The zero-order valence-corrected chi connectivity index (χ0v) is 17.3. The number of sulfonamides is 1. The van der Waals surface area contributed by atoms with Crippen molar-refractivity contribution in [2.24, 2.45) is 10.7 Å². The largest absolute Gasteiger partial charge is 0.370 e. The number of hydrogen-bond donors (Lipinski definition) is 3. The molecule has 0 saturated heterocycles. The molecule has 1 aromatic heterocycles. The third-order valence-corrected chi connectivity index (χ3v) is 5.45. The second kappa shape index (κ2) is 9.28. The van der Waals surface area contributed by atoms with Crippen LogP contribution in [0.3, 0.4) is 0 Å². The number of fused-ring (bicyclic) bond motifs is 1. The summed E-state index contributed by atoms with van der Waals surface area (Å²) in [6.07, 6.45) is 6.25. The predicted molar refractivity (Wildman–Crippen MR) is 113 cm³/mol. The topological polar surface area (TPSA) is 109 Å². The molecule has 2 aromatic rings. The highest BCUT2D eigenvalue weighted by Crippen LogP contribution is 2.24. The smallest absolute Gasteiger partial charge is 0.242 e. The lowest BCUT2D eigenvalue weighted by Gasteiger charge is -2.08. The minimum atomic E-state index is -3.57. The molecule has 0 radical (unpaired) electrons. The molecular formula is C17H22IN5O2S. The molecule has 1 aromatic carbocycles. The number of aromatic nitrogens is 1. The Morgan fingerprint density at radius 3 is 2.81 bits per heavy atom. The lowest BCUT2D eigenvalue weighted by molar-refractivity contribution is 0.582. The van der Waals surface area contributed by atoms with Crippen molar-refractivity contribution < 1.29 is 8.42 Å². The van der Waals surface area contributed by atoms with Gasteiger partial charge in [-0.05, 0) is 54.7 Å². The van der Waals surface area contributed by atoms with Crippen LogP contribution in [0.1, 0.15) is 17.5 Å². The van der Waals surface area contributed by atoms with Gasteiger partial charge in [0.15, 0.2) is 5.96 Å². The Kier molecular flexibility index (Phi) is 7.35. The van der Waals surface area contributed by atoms with Gasteiger partial charge in [-0.1, -0.05) is 6.07 Å². The normalized spacial score (nSPS) is 13.8. The highest BCUT2D eigenvalue weighted by molar-refractivity contribution is 14.0. The van der Waals surface area contributed by atoms with Crippen LogP contribution in [0.4, 0.5) is 5.69 Å². The van der Waals surface area contributed by atoms with Crippen LogP contribution in [0.15, 0.2) is 52.6 Å². The Hall–Kier alpha value is -1.72. The summed E-state index contributed by atoms with van der Waals surface area (Å²) in [6.45, 7) is 0.396. The number of benzene rings is 1. The number of halogens is 1. The Bertz CT molecular complexity index is 872. The average Bonchev–Trinajstić information content (AvgIpc) is 3.07. The lowest BCUT2D eigenvalue weighted by atomic mass is 10.1. The van der Waals surface area contributed by atoms with E-state index in [9.17, 15) is 8.42 Å². The molecule has 0 spiro atoms. The van der Waals surface area contributed by atoms with Crippen molar-refractivity contribution in [2.75, 3.05) is 18.4 Å². The van der Waals surface area contributed by atoms with Crippen LogP contribution in [-0.2, 0) is 22.9 Å². The summed E-state index contributed by atoms with van der Waals surface area (Å²) in [5.41, 5.74) is 9.51. The van der Waals surface area contributed by atoms with E-state index in [4.69, 9.17) is 5.73 Å². The second-order valence-corrected chi connectivity index (χ2v) is 7.58. The first-order chi connectivity index (χ1) is 12.0. The van der Waals surface area contributed by atoms with E-state index in [-0.39, 0.29) is 47.9 Å². The van der Waals surface area contributed by atoms with Gasteiger partial charge in [0.1, 0.15) is 4.90 Å². The average molecular weight is 487 g/mol. The van der Waals surface area contributed by atoms with Gasteiger partial charge in [-0.15, -0.1) is 24.0 Å². The molecule has 0 fully saturated rings. The van der Waals surface area contributed by atoms with Crippen LogP contribution in [0.25, 0.3) is 0 Å². The van der Waals surface area contributed by atoms with E-state index >= 15 is 0 Å². The van der Waals surface area contributed by atoms with Gasteiger partial charge in [0.05, 0.1) is 6.54 Å². The molecule has 7 nitrogen and oxygen atoms in total. The minimum absolute atomic E-state index is 0. The summed E-state index contributed by atoms with van der Waals surface area (Å²) < 4.78 is 26.5. The highest BCUT2D eigenvalue weighted by Gasteiger charge is 2.13. The van der Waals surface area contributed by atoms with Gasteiger partial charge in [0.2, 0.25) is 10.0 Å². The number of nitrogens with one attached hydrogen (secondary N) is 2. The standard InChI is InChI=1S/C17H21N5O2S.HI/c18-17(22-15-7-6-13-3-1-4-14(13)11-15)20-9-10-21-25(23,24)16-5-2-8-19-12-16;/h2,5-8,11-12,21H,1,3-4,9-10H2,(H3,18,20,22);1H. The third kappa shape index (κ3) is 5.39. The molecule has 0 aliphatic heterocycles. The first kappa shape index (κ1) is 20.6. The number of rotatable bonds is 6. The van der Waals surface area contributed by atoms with Crippen LogP contribution in [0.2, 0.25) is 0 Å². The lowest BCUT2D eigenvalue weighted by Crippen LogP contribution is -2.28. The summed E-state index contributed by atoms with van der Waals surface area (Å²) in [5, 5.41) is 3.04. The van der Waals surface area contributed by atoms with E-state index < -0.39 is 10.0 Å². The van der Waals surface area contributed by atoms with E-state index in [1.165, 1.54) is 36.0 Å². The van der Waals surface area contributed by atoms with Gasteiger partial charge >= 0.3 is 0 Å². The number of guanidine groups is 1. The molecule has 9 heteroatoms. The zero-order valence-electron chi connectivity index (χ0n) is 14.2. The van der Waals surface area contributed by atoms with Crippen LogP contribution in [-0.4, -0.2) is 32.5 Å². The van der Waals surface area contributed by atoms with Crippen molar-refractivity contribution in [1.82, 2.24) is 9.71 Å². The molecular weight excluding hydrogens is 465 g/mol. The van der Waals surface area contributed by atoms with Crippen molar-refractivity contribution in [3.63, 3.8) is 0 Å². The van der Waals surface area contributed by atoms with Gasteiger partial charge in [-0.3, -0.25) is 9.98 Å². The molecule has 0 unspecified atom stereocenters. The Morgan fingerprint density at radius 1 is 1.23 bits per heavy atom. The second-order valence-electron chi connectivity index (χ2n) is 5.82. The first-order valence-corrected chi connectivity index (χ1v) is 9.61. The maximum atomic E-state index is 12.0. The number of hydrogen-bond acceptors (Lipinski definition) is 4. The molecule has 0 saturated carbocycles. The van der Waals surface area contributed by atoms with Crippen molar-refractivity contribution >= 4 is 45.6 Å². The minimum Gasteiger partial charge on any atom is -0.370 e. The fourth-order valence-electron chi connectivity index (χ4n) is 2.78. The predicted octanol–water partition coefficient (Wildman–Crippen LogP) is 1.89. The Labute approximate surface area is 170 Å². The van der Waals surface area contributed by atoms with E-state index in [0.29, 0.717) is 0 Å². The van der Waals surface area contributed by atoms with Crippen LogP contribution < -0.4 is 15.8 Å². The summed E-state index contributed by atoms with van der Waals surface area (Å²) in [5.74, 6) is 0.263. The molecule has 26 heavy (non-hydrogen) atoms. The van der Waals surface area contributed by atoms with E-state index in [1.54, 1.807) is 6.07 Å². The molecule has 0 atom stereocenters. The van der Waals surface area contributed by atoms with Gasteiger partial charge < -0.3 is 11.1 Å². The van der Waals surface area contributed by atoms with Crippen LogP contribution in [0.5, 0.6) is 0 Å². The van der Waals surface area contributed by atoms with Crippen molar-refractivity contribution in [3.05, 3.63) is 53.9 Å². The number of nitrogens with two attached hydrogens (primary N) is 1. The maximum absolute atomic E-state index is 12.0. The maximum Gasteiger partial charge on any atom is 0.242 e. The number of aryl methyl sites for hydroxylation is 2. The number of pyridine rings is 1. The van der Waals surface area contributed by atoms with Crippen LogP contribution in [0, 0.1) is 0 Å². The molecule has 1 aliphatic rings. The van der Waals surface area contributed by atoms with Crippen LogP contribution >= 0.6 is 24.0 Å². The Morgan fingerprint density at radius 2 is 2.04 bits per heavy atom. The number of anilines is 1. The fourth-order valence-corrected chi connectivity index (χ4v) is 3.77. The molecule has 1 aliphatic carbocycles. The molecule has 4 N–H and O–H groups in total. The molecule has 1 heterocycles. The summed E-state index contributed by atoms with van der Waals surface area (Å²) in [4.78, 5) is 8.08. The summed E-state index contributed by atoms with van der Waals surface area (Å²) >= 11 is 0. The fraction of sp³-hybridized carbons (Fsp3) is 0.294. The van der Waals surface area contributed by atoms with E-state index in [0.717, 1.165) is 18.5 Å². The van der Waals surface area contributed by atoms with Gasteiger partial charge in [0, 0.05) is 24.6 Å². The molecule has 0 amide bonds. The molecule has 0 bridgehead atoms. The quantitative estimate of drug-likeness (QED) is 0.250. The summed E-state index contributed by atoms with van der Waals surface area (Å²) in [7, 11) is -3.57. The number of nitrogens with zero attached hydrogens (tertiary/aromatic N) is 2. The molecule has 3 rings (SSSR count). The number of aliphatic imine (C=N–C) groups is 1. The van der Waals surface area contributed by atoms with E-state index in [2.05, 4.69) is 32.1 Å². The Balaban J connectivity index is 0.00000243.